The van der Waals surface area contributed by atoms with E-state index < -0.39 is 0 Å². The number of aliphatic hydroxyl groups excluding tert-OH is 1. The Balaban J connectivity index is 0.00000105. The van der Waals surface area contributed by atoms with Crippen molar-refractivity contribution in [3.8, 4) is 0 Å². The first-order chi connectivity index (χ1) is 14.3. The van der Waals surface area contributed by atoms with Crippen LogP contribution in [0.1, 0.15) is 65.0 Å². The van der Waals surface area contributed by atoms with Crippen molar-refractivity contribution in [2.75, 3.05) is 13.6 Å². The second-order valence-corrected chi connectivity index (χ2v) is 8.30. The van der Waals surface area contributed by atoms with Crippen LogP contribution in [-0.4, -0.2) is 54.7 Å². The van der Waals surface area contributed by atoms with E-state index >= 15 is 0 Å². The van der Waals surface area contributed by atoms with E-state index in [2.05, 4.69) is 50.1 Å². The molecule has 4 unspecified atom stereocenters. The second-order valence-electron chi connectivity index (χ2n) is 8.30. The maximum Gasteiger partial charge on any atom is 0.106 e. The number of carbonyl (C=O) groups is 1. The number of benzene rings is 1. The van der Waals surface area contributed by atoms with Crippen LogP contribution in [0.4, 0.5) is 0 Å². The number of carbonyl (C=O) groups excluding carboxylic acids is 1. The van der Waals surface area contributed by atoms with E-state index in [-0.39, 0.29) is 24.4 Å². The summed E-state index contributed by atoms with van der Waals surface area (Å²) in [5, 5.41) is 10.3. The number of unbranched alkanes of at least 4 members (excludes halogenated alkanes) is 1. The fraction of sp³-hybridized carbons (Fsp3) is 0.640. The van der Waals surface area contributed by atoms with Crippen molar-refractivity contribution in [3.63, 3.8) is 0 Å². The summed E-state index contributed by atoms with van der Waals surface area (Å²) in [5.41, 5.74) is 9.00. The highest BCUT2D eigenvalue weighted by molar-refractivity contribution is 5.22. The summed E-state index contributed by atoms with van der Waals surface area (Å²) in [6.07, 6.45) is 6.90. The molecule has 0 radical (unpaired) electrons. The van der Waals surface area contributed by atoms with E-state index in [1.165, 1.54) is 24.0 Å². The Hall–Kier alpha value is -1.69. The Morgan fingerprint density at radius 3 is 2.23 bits per heavy atom. The third-order valence-electron chi connectivity index (χ3n) is 5.45. The molecule has 0 spiro atoms. The van der Waals surface area contributed by atoms with Crippen LogP contribution in [0.25, 0.3) is 0 Å². The summed E-state index contributed by atoms with van der Waals surface area (Å²) in [6, 6.07) is 9.21. The maximum atomic E-state index is 10.3. The van der Waals surface area contributed by atoms with Crippen LogP contribution in [0.15, 0.2) is 36.0 Å². The quantitative estimate of drug-likeness (QED) is 0.649. The Kier molecular flexibility index (Phi) is 15.2. The largest absolute Gasteiger partial charge is 0.405 e. The normalized spacial score (nSPS) is 22.9. The lowest BCUT2D eigenvalue weighted by Crippen LogP contribution is -2.53. The van der Waals surface area contributed by atoms with Gasteiger partial charge in [-0.2, -0.15) is 0 Å². The summed E-state index contributed by atoms with van der Waals surface area (Å²) < 4.78 is 5.70. The summed E-state index contributed by atoms with van der Waals surface area (Å²) >= 11 is 0. The van der Waals surface area contributed by atoms with Crippen LogP contribution >= 0.6 is 0 Å². The molecule has 5 nitrogen and oxygen atoms in total. The molecule has 1 aromatic carbocycles. The zero-order valence-electron chi connectivity index (χ0n) is 19.9. The Bertz CT molecular complexity index is 585. The van der Waals surface area contributed by atoms with Crippen molar-refractivity contribution in [3.05, 3.63) is 47.2 Å². The molecular formula is C25H44N2O3. The van der Waals surface area contributed by atoms with Crippen LogP contribution in [0, 0.1) is 0 Å². The summed E-state index contributed by atoms with van der Waals surface area (Å²) in [7, 11) is 2.13. The standard InChI is InChI=1S/C20H33NO2.C4H9N.CH2O/c1-5-17-9-11-18(12-10-17)8-6-7-13-21(4)19-14-15(2)23-16(3)20(19)22;1-4(2)3-5;1-2/h9-12,15-16,19-20,22H,5-8,13-14H2,1-4H3;3H,5H2,1-2H3;1H2. The van der Waals surface area contributed by atoms with Crippen LogP contribution < -0.4 is 5.73 Å². The molecule has 0 aliphatic carbocycles. The predicted octanol–water partition coefficient (Wildman–Crippen LogP) is 4.11. The SMILES string of the molecule is C=O.CC(C)=CN.CCc1ccc(CCCCN(C)C2CC(C)OC(C)C2O)cc1. The average Bonchev–Trinajstić information content (AvgIpc) is 2.75. The number of hydrogen-bond acceptors (Lipinski definition) is 5. The molecular weight excluding hydrogens is 376 g/mol. The summed E-state index contributed by atoms with van der Waals surface area (Å²) in [4.78, 5) is 10.3. The fourth-order valence-corrected chi connectivity index (χ4v) is 3.53. The van der Waals surface area contributed by atoms with Gasteiger partial charge < -0.3 is 25.3 Å². The molecule has 0 bridgehead atoms. The minimum absolute atomic E-state index is 0.0664. The number of allylic oxidation sites excluding steroid dienone is 1. The molecule has 172 valence electrons. The summed E-state index contributed by atoms with van der Waals surface area (Å²) in [5.74, 6) is 0. The smallest absolute Gasteiger partial charge is 0.106 e. The van der Waals surface area contributed by atoms with Crippen molar-refractivity contribution < 1.29 is 14.6 Å². The van der Waals surface area contributed by atoms with Gasteiger partial charge in [-0.05, 0) is 90.7 Å². The molecule has 1 heterocycles. The monoisotopic (exact) mass is 420 g/mol. The molecule has 0 amide bonds. The van der Waals surface area contributed by atoms with Crippen molar-refractivity contribution in [2.24, 2.45) is 5.73 Å². The lowest BCUT2D eigenvalue weighted by Gasteiger charge is -2.41. The van der Waals surface area contributed by atoms with Gasteiger partial charge in [-0.25, -0.2) is 0 Å². The molecule has 3 N–H and O–H groups in total. The zero-order chi connectivity index (χ0) is 23.1. The molecule has 2 rings (SSSR count). The molecule has 1 fully saturated rings. The lowest BCUT2D eigenvalue weighted by molar-refractivity contribution is -0.137. The van der Waals surface area contributed by atoms with Crippen LogP contribution in [-0.2, 0) is 22.4 Å². The molecule has 0 saturated carbocycles. The van der Waals surface area contributed by atoms with Gasteiger partial charge in [0, 0.05) is 6.04 Å². The van der Waals surface area contributed by atoms with E-state index in [1.54, 1.807) is 6.20 Å². The highest BCUT2D eigenvalue weighted by Crippen LogP contribution is 2.23. The molecule has 1 saturated heterocycles. The number of ether oxygens (including phenoxy) is 1. The van der Waals surface area contributed by atoms with Crippen molar-refractivity contribution in [1.29, 1.82) is 0 Å². The van der Waals surface area contributed by atoms with E-state index in [4.69, 9.17) is 15.3 Å². The zero-order valence-corrected chi connectivity index (χ0v) is 19.9. The van der Waals surface area contributed by atoms with Crippen LogP contribution in [0.5, 0.6) is 0 Å². The minimum Gasteiger partial charge on any atom is -0.405 e. The Morgan fingerprint density at radius 2 is 1.73 bits per heavy atom. The first kappa shape index (κ1) is 28.3. The van der Waals surface area contributed by atoms with E-state index in [0.717, 1.165) is 31.4 Å². The number of rotatable bonds is 7. The molecule has 0 aromatic heterocycles. The first-order valence-corrected chi connectivity index (χ1v) is 11.0. The number of nitrogens with zero attached hydrogens (tertiary/aromatic N) is 1. The Morgan fingerprint density at radius 1 is 1.20 bits per heavy atom. The minimum atomic E-state index is -0.377. The lowest BCUT2D eigenvalue weighted by atomic mass is 9.95. The highest BCUT2D eigenvalue weighted by Gasteiger charge is 2.35. The Labute approximate surface area is 184 Å². The number of aliphatic hydroxyl groups is 1. The number of aryl methyl sites for hydroxylation is 2. The molecule has 5 heteroatoms. The molecule has 30 heavy (non-hydrogen) atoms. The van der Waals surface area contributed by atoms with E-state index in [1.807, 2.05) is 27.6 Å². The van der Waals surface area contributed by atoms with Gasteiger partial charge >= 0.3 is 0 Å². The summed E-state index contributed by atoms with van der Waals surface area (Å²) in [6.45, 7) is 13.2. The average molecular weight is 421 g/mol. The van der Waals surface area contributed by atoms with Crippen molar-refractivity contribution in [2.45, 2.75) is 91.1 Å². The molecule has 1 aliphatic rings. The number of likely N-dealkylation sites (N-methyl/N-ethyl adjacent to an activating group) is 1. The molecule has 1 aromatic rings. The first-order valence-electron chi connectivity index (χ1n) is 11.0. The van der Waals surface area contributed by atoms with E-state index in [0.29, 0.717) is 0 Å². The van der Waals surface area contributed by atoms with Gasteiger partial charge in [0.05, 0.1) is 18.3 Å². The van der Waals surface area contributed by atoms with Gasteiger partial charge in [-0.1, -0.05) is 36.8 Å². The van der Waals surface area contributed by atoms with Crippen molar-refractivity contribution >= 4 is 6.79 Å². The van der Waals surface area contributed by atoms with E-state index in [9.17, 15) is 5.11 Å². The maximum absolute atomic E-state index is 10.3. The highest BCUT2D eigenvalue weighted by atomic mass is 16.5. The van der Waals surface area contributed by atoms with Gasteiger partial charge in [0.25, 0.3) is 0 Å². The third-order valence-corrected chi connectivity index (χ3v) is 5.45. The number of nitrogens with two attached hydrogens (primary N) is 1. The predicted molar refractivity (Wildman–Crippen MR) is 127 cm³/mol. The fourth-order valence-electron chi connectivity index (χ4n) is 3.53. The van der Waals surface area contributed by atoms with Crippen LogP contribution in [0.3, 0.4) is 0 Å². The van der Waals surface area contributed by atoms with Gasteiger partial charge in [-0.15, -0.1) is 0 Å². The topological polar surface area (TPSA) is 75.8 Å². The van der Waals surface area contributed by atoms with Gasteiger partial charge in [0.2, 0.25) is 0 Å². The van der Waals surface area contributed by atoms with Crippen LogP contribution in [0.2, 0.25) is 0 Å². The third kappa shape index (κ3) is 10.9. The van der Waals surface area contributed by atoms with Gasteiger partial charge in [-0.3, -0.25) is 0 Å². The second kappa shape index (κ2) is 16.1. The van der Waals surface area contributed by atoms with Gasteiger partial charge in [0.15, 0.2) is 0 Å². The molecule has 4 atom stereocenters. The van der Waals surface area contributed by atoms with Crippen molar-refractivity contribution in [1.82, 2.24) is 4.90 Å². The number of hydrogen-bond donors (Lipinski definition) is 2. The molecule has 1 aliphatic heterocycles. The van der Waals surface area contributed by atoms with Gasteiger partial charge in [0.1, 0.15) is 6.79 Å².